The average molecular weight is 331 g/mol. The molecule has 3 rings (SSSR count). The summed E-state index contributed by atoms with van der Waals surface area (Å²) >= 11 is 0. The van der Waals surface area contributed by atoms with Crippen molar-refractivity contribution in [3.63, 3.8) is 0 Å². The zero-order valence-corrected chi connectivity index (χ0v) is 13.7. The molecule has 0 bridgehead atoms. The lowest BCUT2D eigenvalue weighted by atomic mass is 9.78. The molecular formula is C18H21NO3S. The first kappa shape index (κ1) is 16.2. The van der Waals surface area contributed by atoms with Crippen molar-refractivity contribution >= 4 is 10.1 Å². The average Bonchev–Trinajstić information content (AvgIpc) is 2.46. The Hall–Kier alpha value is -1.69. The Labute approximate surface area is 137 Å². The van der Waals surface area contributed by atoms with Gasteiger partial charge >= 0.3 is 0 Å². The lowest BCUT2D eigenvalue weighted by Crippen LogP contribution is -2.61. The molecule has 2 aromatic carbocycles. The summed E-state index contributed by atoms with van der Waals surface area (Å²) in [6, 6.07) is 19.0. The van der Waals surface area contributed by atoms with E-state index in [1.165, 1.54) is 0 Å². The first-order valence-corrected chi connectivity index (χ1v) is 9.21. The molecule has 0 radical (unpaired) electrons. The van der Waals surface area contributed by atoms with Gasteiger partial charge in [0.25, 0.3) is 10.1 Å². The zero-order valence-electron chi connectivity index (χ0n) is 12.9. The van der Waals surface area contributed by atoms with Crippen molar-refractivity contribution in [2.24, 2.45) is 5.92 Å². The van der Waals surface area contributed by atoms with E-state index >= 15 is 0 Å². The monoisotopic (exact) mass is 331 g/mol. The second kappa shape index (κ2) is 6.43. The normalized spacial score (nSPS) is 16.0. The smallest absolute Gasteiger partial charge is 0.271 e. The van der Waals surface area contributed by atoms with Crippen LogP contribution in [0, 0.1) is 5.92 Å². The molecule has 1 saturated heterocycles. The fourth-order valence-electron chi connectivity index (χ4n) is 3.29. The third kappa shape index (κ3) is 3.32. The molecule has 23 heavy (non-hydrogen) atoms. The largest absolute Gasteiger partial charge is 0.316 e. The first-order valence-electron chi connectivity index (χ1n) is 7.77. The second-order valence-corrected chi connectivity index (χ2v) is 7.98. The maximum absolute atomic E-state index is 12.4. The third-order valence-corrected chi connectivity index (χ3v) is 6.38. The Balaban J connectivity index is 2.03. The third-order valence-electron chi connectivity index (χ3n) is 4.73. The fourth-order valence-corrected chi connectivity index (χ4v) is 4.57. The van der Waals surface area contributed by atoms with Crippen molar-refractivity contribution in [1.82, 2.24) is 5.32 Å². The van der Waals surface area contributed by atoms with Gasteiger partial charge < -0.3 is 5.32 Å². The standard InChI is InChI=1S/C18H21NO3S/c20-23(21,22)18(17-13-19-14-17,11-15-7-3-1-4-8-15)12-16-9-5-2-6-10-16/h1-10,17,19H,11-14H2,(H,20,21,22). The van der Waals surface area contributed by atoms with Gasteiger partial charge in [0.1, 0.15) is 4.75 Å². The Morgan fingerprint density at radius 3 is 1.65 bits per heavy atom. The highest BCUT2D eigenvalue weighted by atomic mass is 32.2. The number of hydrogen-bond donors (Lipinski definition) is 2. The summed E-state index contributed by atoms with van der Waals surface area (Å²) in [4.78, 5) is 0. The summed E-state index contributed by atoms with van der Waals surface area (Å²) in [5.74, 6) is -0.0992. The molecule has 122 valence electrons. The summed E-state index contributed by atoms with van der Waals surface area (Å²) in [5.41, 5.74) is 1.85. The van der Waals surface area contributed by atoms with Gasteiger partial charge in [0.15, 0.2) is 0 Å². The molecule has 1 heterocycles. The minimum atomic E-state index is -4.22. The van der Waals surface area contributed by atoms with Crippen LogP contribution in [0.2, 0.25) is 0 Å². The number of rotatable bonds is 6. The highest BCUT2D eigenvalue weighted by Gasteiger charge is 2.51. The molecule has 1 aliphatic heterocycles. The maximum atomic E-state index is 12.4. The van der Waals surface area contributed by atoms with Crippen molar-refractivity contribution in [3.8, 4) is 0 Å². The number of nitrogens with one attached hydrogen (secondary N) is 1. The predicted octanol–water partition coefficient (Wildman–Crippen LogP) is 2.32. The molecule has 0 unspecified atom stereocenters. The molecule has 0 aromatic heterocycles. The topological polar surface area (TPSA) is 66.4 Å². The van der Waals surface area contributed by atoms with E-state index in [-0.39, 0.29) is 5.92 Å². The van der Waals surface area contributed by atoms with E-state index < -0.39 is 14.9 Å². The van der Waals surface area contributed by atoms with Crippen LogP contribution in [-0.2, 0) is 23.0 Å². The highest BCUT2D eigenvalue weighted by Crippen LogP contribution is 2.36. The van der Waals surface area contributed by atoms with Crippen molar-refractivity contribution in [2.75, 3.05) is 13.1 Å². The highest BCUT2D eigenvalue weighted by molar-refractivity contribution is 7.87. The van der Waals surface area contributed by atoms with Gasteiger partial charge in [0.2, 0.25) is 0 Å². The molecule has 2 aromatic rings. The van der Waals surface area contributed by atoms with Crippen LogP contribution in [0.5, 0.6) is 0 Å². The Morgan fingerprint density at radius 2 is 1.35 bits per heavy atom. The maximum Gasteiger partial charge on any atom is 0.271 e. The summed E-state index contributed by atoms with van der Waals surface area (Å²) in [5, 5.41) is 3.13. The summed E-state index contributed by atoms with van der Waals surface area (Å²) in [6.07, 6.45) is 0.627. The van der Waals surface area contributed by atoms with E-state index in [1.54, 1.807) is 0 Å². The van der Waals surface area contributed by atoms with Gasteiger partial charge in [-0.2, -0.15) is 8.42 Å². The Bertz CT molecular complexity index is 699. The summed E-state index contributed by atoms with van der Waals surface area (Å²) in [7, 11) is -4.22. The molecule has 5 heteroatoms. The molecule has 0 spiro atoms. The molecule has 1 fully saturated rings. The van der Waals surface area contributed by atoms with Crippen molar-refractivity contribution in [1.29, 1.82) is 0 Å². The molecule has 4 nitrogen and oxygen atoms in total. The Morgan fingerprint density at radius 1 is 0.913 bits per heavy atom. The molecule has 1 aliphatic rings. The van der Waals surface area contributed by atoms with E-state index in [1.807, 2.05) is 60.7 Å². The van der Waals surface area contributed by atoms with Crippen LogP contribution in [-0.4, -0.2) is 30.8 Å². The van der Waals surface area contributed by atoms with Crippen LogP contribution in [0.1, 0.15) is 11.1 Å². The summed E-state index contributed by atoms with van der Waals surface area (Å²) < 4.78 is 33.8. The van der Waals surface area contributed by atoms with Crippen molar-refractivity contribution in [3.05, 3.63) is 71.8 Å². The predicted molar refractivity (Wildman–Crippen MR) is 90.9 cm³/mol. The number of hydrogen-bond acceptors (Lipinski definition) is 3. The lowest BCUT2D eigenvalue weighted by molar-refractivity contribution is 0.234. The van der Waals surface area contributed by atoms with Gasteiger partial charge in [0, 0.05) is 19.0 Å². The van der Waals surface area contributed by atoms with E-state index in [4.69, 9.17) is 0 Å². The van der Waals surface area contributed by atoms with Crippen LogP contribution in [0.25, 0.3) is 0 Å². The lowest BCUT2D eigenvalue weighted by Gasteiger charge is -2.43. The Kier molecular flexibility index (Phi) is 4.53. The van der Waals surface area contributed by atoms with Gasteiger partial charge in [-0.3, -0.25) is 4.55 Å². The first-order chi connectivity index (χ1) is 11.0. The van der Waals surface area contributed by atoms with Crippen LogP contribution < -0.4 is 5.32 Å². The minimum Gasteiger partial charge on any atom is -0.316 e. The summed E-state index contributed by atoms with van der Waals surface area (Å²) in [6.45, 7) is 1.22. The van der Waals surface area contributed by atoms with Crippen LogP contribution >= 0.6 is 0 Å². The van der Waals surface area contributed by atoms with Crippen LogP contribution in [0.3, 0.4) is 0 Å². The fraction of sp³-hybridized carbons (Fsp3) is 0.333. The molecule has 0 saturated carbocycles. The van der Waals surface area contributed by atoms with E-state index in [0.29, 0.717) is 25.9 Å². The second-order valence-electron chi connectivity index (χ2n) is 6.22. The van der Waals surface area contributed by atoms with Crippen molar-refractivity contribution in [2.45, 2.75) is 17.6 Å². The van der Waals surface area contributed by atoms with E-state index in [9.17, 15) is 13.0 Å². The van der Waals surface area contributed by atoms with Crippen LogP contribution in [0.4, 0.5) is 0 Å². The van der Waals surface area contributed by atoms with Crippen molar-refractivity contribution < 1.29 is 13.0 Å². The van der Waals surface area contributed by atoms with Gasteiger partial charge in [-0.25, -0.2) is 0 Å². The SMILES string of the molecule is O=S(=O)(O)C(Cc1ccccc1)(Cc1ccccc1)C1CNC1. The van der Waals surface area contributed by atoms with Gasteiger partial charge in [-0.05, 0) is 24.0 Å². The minimum absolute atomic E-state index is 0.0992. The van der Waals surface area contributed by atoms with Crippen LogP contribution in [0.15, 0.2) is 60.7 Å². The zero-order chi connectivity index (χ0) is 16.3. The molecule has 0 aliphatic carbocycles. The van der Waals surface area contributed by atoms with Gasteiger partial charge in [-0.15, -0.1) is 0 Å². The molecule has 0 atom stereocenters. The molecule has 2 N–H and O–H groups in total. The van der Waals surface area contributed by atoms with E-state index in [2.05, 4.69) is 5.32 Å². The van der Waals surface area contributed by atoms with Gasteiger partial charge in [0.05, 0.1) is 0 Å². The van der Waals surface area contributed by atoms with E-state index in [0.717, 1.165) is 11.1 Å². The molecular weight excluding hydrogens is 310 g/mol. The van der Waals surface area contributed by atoms with Gasteiger partial charge in [-0.1, -0.05) is 60.7 Å². The number of benzene rings is 2. The quantitative estimate of drug-likeness (QED) is 0.797. The molecule has 0 amide bonds.